The van der Waals surface area contributed by atoms with Crippen molar-refractivity contribution in [3.8, 4) is 11.5 Å². The molecule has 0 saturated heterocycles. The zero-order valence-corrected chi connectivity index (χ0v) is 40.6. The molecule has 5 aromatic rings. The number of aliphatic hydroxyl groups is 1. The lowest BCUT2D eigenvalue weighted by Gasteiger charge is -2.37. The standard InChI is InChI=1S/C51H60N2O11SSi/c1-35-44(60-5)30-45(64-66(7,8)50(2,3)4)42(47(35)49(57)62-31-36-24-26-40(27-25-36)53(58)59)33-65-34-43(48(56)61-6)52-46(55)29-28-41(54)32-63-51(37-18-12-9-13-19-37,38-20-14-10-15-21-38)39-22-16-11-17-23-39/h9-27,30,41,43,54H,28-29,31-34H2,1-8H3,(H,52,55). The Morgan fingerprint density at radius 1 is 0.833 bits per heavy atom. The maximum Gasteiger partial charge on any atom is 0.339 e. The molecule has 0 spiro atoms. The number of nitro groups is 1. The van der Waals surface area contributed by atoms with Gasteiger partial charge in [-0.1, -0.05) is 112 Å². The lowest BCUT2D eigenvalue weighted by Crippen LogP contribution is -2.44. The van der Waals surface area contributed by atoms with Crippen molar-refractivity contribution in [2.24, 2.45) is 0 Å². The highest BCUT2D eigenvalue weighted by Gasteiger charge is 2.41. The van der Waals surface area contributed by atoms with E-state index >= 15 is 0 Å². The molecule has 66 heavy (non-hydrogen) atoms. The Morgan fingerprint density at radius 2 is 1.38 bits per heavy atom. The van der Waals surface area contributed by atoms with Crippen molar-refractivity contribution >= 4 is 43.6 Å². The summed E-state index contributed by atoms with van der Waals surface area (Å²) in [5.74, 6) is -0.702. The van der Waals surface area contributed by atoms with Gasteiger partial charge >= 0.3 is 11.9 Å². The monoisotopic (exact) mass is 936 g/mol. The molecule has 2 unspecified atom stereocenters. The summed E-state index contributed by atoms with van der Waals surface area (Å²) in [4.78, 5) is 51.4. The zero-order valence-electron chi connectivity index (χ0n) is 38.8. The molecule has 2 N–H and O–H groups in total. The highest BCUT2D eigenvalue weighted by atomic mass is 32.2. The number of methoxy groups -OCH3 is 2. The quantitative estimate of drug-likeness (QED) is 0.0222. The van der Waals surface area contributed by atoms with Gasteiger partial charge in [-0.2, -0.15) is 11.8 Å². The van der Waals surface area contributed by atoms with Crippen molar-refractivity contribution in [1.82, 2.24) is 5.32 Å². The van der Waals surface area contributed by atoms with E-state index in [1.54, 1.807) is 13.0 Å². The minimum atomic E-state index is -2.50. The molecule has 0 aliphatic heterocycles. The molecule has 0 aliphatic rings. The predicted molar refractivity (Wildman–Crippen MR) is 258 cm³/mol. The summed E-state index contributed by atoms with van der Waals surface area (Å²) >= 11 is 1.29. The van der Waals surface area contributed by atoms with E-state index in [9.17, 15) is 29.6 Å². The molecular weight excluding hydrogens is 877 g/mol. The largest absolute Gasteiger partial charge is 0.543 e. The number of benzene rings is 5. The second-order valence-electron chi connectivity index (χ2n) is 17.4. The van der Waals surface area contributed by atoms with Crippen molar-refractivity contribution in [2.45, 2.75) is 88.8 Å². The summed E-state index contributed by atoms with van der Waals surface area (Å²) in [7, 11) is 0.241. The number of non-ortho nitro benzene ring substituents is 1. The molecule has 0 saturated carbocycles. The van der Waals surface area contributed by atoms with Crippen LogP contribution >= 0.6 is 11.8 Å². The molecule has 2 atom stereocenters. The molecule has 0 bridgehead atoms. The summed E-state index contributed by atoms with van der Waals surface area (Å²) in [6, 6.07) is 35.8. The number of hydrogen-bond acceptors (Lipinski definition) is 12. The van der Waals surface area contributed by atoms with Gasteiger partial charge in [-0.25, -0.2) is 9.59 Å². The molecule has 0 aromatic heterocycles. The Kier molecular flexibility index (Phi) is 17.7. The van der Waals surface area contributed by atoms with Gasteiger partial charge in [0.15, 0.2) is 0 Å². The molecular formula is C51H60N2O11SSi. The first-order chi connectivity index (χ1) is 31.4. The number of thioether (sulfide) groups is 1. The number of nitro benzene ring substituents is 1. The number of nitrogens with one attached hydrogen (secondary N) is 1. The van der Waals surface area contributed by atoms with Crippen LogP contribution in [0.5, 0.6) is 11.5 Å². The van der Waals surface area contributed by atoms with Gasteiger partial charge < -0.3 is 33.8 Å². The van der Waals surface area contributed by atoms with E-state index in [0.717, 1.165) is 16.7 Å². The lowest BCUT2D eigenvalue weighted by atomic mass is 9.80. The van der Waals surface area contributed by atoms with Crippen LogP contribution in [0.1, 0.15) is 77.4 Å². The zero-order chi connectivity index (χ0) is 48.1. The number of rotatable bonds is 22. The fraction of sp³-hybridized carbons (Fsp3) is 0.353. The third kappa shape index (κ3) is 12.7. The first-order valence-corrected chi connectivity index (χ1v) is 25.7. The number of amides is 1. The van der Waals surface area contributed by atoms with E-state index in [1.807, 2.05) is 91.0 Å². The number of ether oxygens (including phenoxy) is 4. The molecule has 13 nitrogen and oxygen atoms in total. The Labute approximate surface area is 392 Å². The molecule has 5 aromatic carbocycles. The maximum atomic E-state index is 14.1. The molecule has 0 aliphatic carbocycles. The minimum Gasteiger partial charge on any atom is -0.543 e. The summed E-state index contributed by atoms with van der Waals surface area (Å²) < 4.78 is 30.2. The minimum absolute atomic E-state index is 0.0476. The number of esters is 2. The van der Waals surface area contributed by atoms with Crippen LogP contribution in [-0.4, -0.2) is 74.9 Å². The molecule has 1 amide bonds. The highest BCUT2D eigenvalue weighted by Crippen LogP contribution is 2.43. The summed E-state index contributed by atoms with van der Waals surface area (Å²) in [6.07, 6.45) is -1.09. The van der Waals surface area contributed by atoms with Gasteiger partial charge in [0, 0.05) is 47.3 Å². The van der Waals surface area contributed by atoms with E-state index in [2.05, 4.69) is 39.2 Å². The number of carbonyl (C=O) groups is 3. The third-order valence-electron chi connectivity index (χ3n) is 11.8. The van der Waals surface area contributed by atoms with E-state index < -0.39 is 48.8 Å². The molecule has 15 heteroatoms. The Morgan fingerprint density at radius 3 is 1.86 bits per heavy atom. The smallest absolute Gasteiger partial charge is 0.339 e. The van der Waals surface area contributed by atoms with Crippen LogP contribution < -0.4 is 14.5 Å². The van der Waals surface area contributed by atoms with Gasteiger partial charge in [0.1, 0.15) is 29.7 Å². The van der Waals surface area contributed by atoms with E-state index in [4.69, 9.17) is 23.4 Å². The Hall–Kier alpha value is -6.00. The SMILES string of the molecule is COC(=O)C(CSCc1c(O[Si](C)(C)C(C)(C)C)cc(OC)c(C)c1C(=O)OCc1ccc([N+](=O)[O-])cc1)NC(=O)CCC(O)COC(c1ccccc1)(c1ccccc1)c1ccccc1. The number of carbonyl (C=O) groups excluding carboxylic acids is 3. The molecule has 0 heterocycles. The maximum absolute atomic E-state index is 14.1. The second kappa shape index (κ2) is 22.9. The lowest BCUT2D eigenvalue weighted by molar-refractivity contribution is -0.384. The van der Waals surface area contributed by atoms with Crippen molar-refractivity contribution in [1.29, 1.82) is 0 Å². The summed E-state index contributed by atoms with van der Waals surface area (Å²) in [6.45, 7) is 12.0. The predicted octanol–water partition coefficient (Wildman–Crippen LogP) is 9.69. The van der Waals surface area contributed by atoms with E-state index in [1.165, 1.54) is 50.2 Å². The van der Waals surface area contributed by atoms with Gasteiger partial charge in [0.2, 0.25) is 14.2 Å². The van der Waals surface area contributed by atoms with E-state index in [0.29, 0.717) is 28.2 Å². The van der Waals surface area contributed by atoms with Crippen molar-refractivity contribution in [3.05, 3.63) is 170 Å². The van der Waals surface area contributed by atoms with Crippen LogP contribution in [0.15, 0.2) is 121 Å². The fourth-order valence-electron chi connectivity index (χ4n) is 7.10. The molecule has 0 radical (unpaired) electrons. The topological polar surface area (TPSA) is 173 Å². The normalized spacial score (nSPS) is 12.7. The number of aliphatic hydroxyl groups excluding tert-OH is 1. The Bertz CT molecular complexity index is 2320. The van der Waals surface area contributed by atoms with Crippen molar-refractivity contribution in [3.63, 3.8) is 0 Å². The van der Waals surface area contributed by atoms with Gasteiger partial charge in [-0.15, -0.1) is 0 Å². The van der Waals surface area contributed by atoms with Crippen LogP contribution in [0.2, 0.25) is 18.1 Å². The van der Waals surface area contributed by atoms with Crippen molar-refractivity contribution in [2.75, 3.05) is 26.6 Å². The Balaban J connectivity index is 1.32. The molecule has 0 fully saturated rings. The number of nitrogens with zero attached hydrogens (tertiary/aromatic N) is 1. The van der Waals surface area contributed by atoms with Crippen LogP contribution in [0.25, 0.3) is 0 Å². The van der Waals surface area contributed by atoms with Crippen molar-refractivity contribution < 1.29 is 47.8 Å². The van der Waals surface area contributed by atoms with E-state index in [-0.39, 0.29) is 53.9 Å². The summed E-state index contributed by atoms with van der Waals surface area (Å²) in [5, 5.41) is 25.1. The first kappa shape index (κ1) is 51.0. The average Bonchev–Trinajstić information content (AvgIpc) is 3.31. The second-order valence-corrected chi connectivity index (χ2v) is 23.1. The van der Waals surface area contributed by atoms with Gasteiger partial charge in [0.25, 0.3) is 5.69 Å². The molecule has 350 valence electrons. The first-order valence-electron chi connectivity index (χ1n) is 21.6. The van der Waals surface area contributed by atoms with Gasteiger partial charge in [-0.05, 0) is 65.9 Å². The van der Waals surface area contributed by atoms with Crippen LogP contribution in [-0.2, 0) is 41.8 Å². The van der Waals surface area contributed by atoms with Gasteiger partial charge in [-0.3, -0.25) is 14.9 Å². The fourth-order valence-corrected chi connectivity index (χ4v) is 9.20. The van der Waals surface area contributed by atoms with Crippen LogP contribution in [0.4, 0.5) is 5.69 Å². The van der Waals surface area contributed by atoms with Crippen LogP contribution in [0.3, 0.4) is 0 Å². The van der Waals surface area contributed by atoms with Gasteiger partial charge in [0.05, 0.1) is 37.4 Å². The highest BCUT2D eigenvalue weighted by molar-refractivity contribution is 7.98. The number of hydrogen-bond donors (Lipinski definition) is 2. The third-order valence-corrected chi connectivity index (χ3v) is 17.2. The molecule has 5 rings (SSSR count). The van der Waals surface area contributed by atoms with Crippen LogP contribution in [0, 0.1) is 17.0 Å². The average molecular weight is 937 g/mol. The summed E-state index contributed by atoms with van der Waals surface area (Å²) in [5.41, 5.74) is 3.30.